The maximum absolute atomic E-state index is 13.3. The zero-order chi connectivity index (χ0) is 25.1. The molecule has 1 aromatic rings. The molecule has 2 saturated heterocycles. The summed E-state index contributed by atoms with van der Waals surface area (Å²) >= 11 is 0. The average Bonchev–Trinajstić information content (AvgIpc) is 3.07. The first-order valence-electron chi connectivity index (χ1n) is 13.3. The number of phenolic OH excluding ortho intramolecular Hbond substituents is 1. The number of aromatic hydroxyl groups is 1. The van der Waals surface area contributed by atoms with E-state index in [-0.39, 0.29) is 41.4 Å². The summed E-state index contributed by atoms with van der Waals surface area (Å²) in [5.41, 5.74) is 4.40. The van der Waals surface area contributed by atoms with Gasteiger partial charge in [-0.25, -0.2) is 0 Å². The number of carbonyl (C=O) groups excluding carboxylic acids is 2. The quantitative estimate of drug-likeness (QED) is 0.297. The molecule has 3 aliphatic rings. The van der Waals surface area contributed by atoms with Crippen LogP contribution in [-0.2, 0) is 14.2 Å². The largest absolute Gasteiger partial charge is 0.507 e. The number of benzene rings is 1. The van der Waals surface area contributed by atoms with E-state index in [1.807, 2.05) is 31.2 Å². The summed E-state index contributed by atoms with van der Waals surface area (Å²) in [7, 11) is -0.939. The smallest absolute Gasteiger partial charge is 0.455 e. The fourth-order valence-electron chi connectivity index (χ4n) is 6.31. The molecular weight excluding hydrogens is 441 g/mol. The molecule has 0 unspecified atom stereocenters. The zero-order valence-corrected chi connectivity index (χ0v) is 21.2. The van der Waals surface area contributed by atoms with Crippen LogP contribution in [0.2, 0.25) is 6.32 Å². The van der Waals surface area contributed by atoms with Crippen LogP contribution < -0.4 is 0 Å². The molecule has 2 aliphatic heterocycles. The average molecular weight is 479 g/mol. The maximum Gasteiger partial charge on any atom is 0.455 e. The van der Waals surface area contributed by atoms with E-state index < -0.39 is 7.12 Å². The molecule has 4 rings (SSSR count). The summed E-state index contributed by atoms with van der Waals surface area (Å²) in [6.07, 6.45) is 7.66. The van der Waals surface area contributed by atoms with E-state index in [1.165, 1.54) is 16.0 Å². The van der Waals surface area contributed by atoms with Crippen molar-refractivity contribution in [3.8, 4) is 5.75 Å². The lowest BCUT2D eigenvalue weighted by Gasteiger charge is -2.43. The summed E-state index contributed by atoms with van der Waals surface area (Å²) in [5, 5.41) is 20.8. The van der Waals surface area contributed by atoms with Crippen LogP contribution in [0, 0.1) is 17.8 Å². The third-order valence-electron chi connectivity index (χ3n) is 7.88. The molecule has 2 fully saturated rings. The van der Waals surface area contributed by atoms with E-state index in [2.05, 4.69) is 13.8 Å². The number of fused-ring (bicyclic) bond motifs is 3. The van der Waals surface area contributed by atoms with Gasteiger partial charge in [-0.2, -0.15) is 0 Å². The molecule has 1 aliphatic carbocycles. The van der Waals surface area contributed by atoms with Crippen molar-refractivity contribution in [1.29, 1.82) is 0 Å². The Bertz CT molecular complexity index is 1020. The third-order valence-corrected chi connectivity index (χ3v) is 7.88. The Kier molecular flexibility index (Phi) is 8.18. The number of amides is 2. The van der Waals surface area contributed by atoms with Gasteiger partial charge in [0.15, 0.2) is 0 Å². The summed E-state index contributed by atoms with van der Waals surface area (Å²) in [4.78, 5) is 28.0. The normalized spacial score (nSPS) is 26.9. The monoisotopic (exact) mass is 479 g/mol. The van der Waals surface area contributed by atoms with Crippen molar-refractivity contribution in [3.63, 3.8) is 0 Å². The van der Waals surface area contributed by atoms with Crippen molar-refractivity contribution >= 4 is 25.0 Å². The topological polar surface area (TPSA) is 87.1 Å². The van der Waals surface area contributed by atoms with E-state index in [1.54, 1.807) is 6.07 Å². The summed E-state index contributed by atoms with van der Waals surface area (Å²) in [6, 6.07) is 7.30. The predicted molar refractivity (Wildman–Crippen MR) is 137 cm³/mol. The van der Waals surface area contributed by atoms with E-state index in [9.17, 15) is 19.7 Å². The molecule has 6 nitrogen and oxygen atoms in total. The molecule has 0 saturated carbocycles. The number of phenols is 1. The minimum absolute atomic E-state index is 0.0362. The predicted octanol–water partition coefficient (Wildman–Crippen LogP) is 4.97. The van der Waals surface area contributed by atoms with Gasteiger partial charge < -0.3 is 14.8 Å². The Morgan fingerprint density at radius 3 is 2.60 bits per heavy atom. The van der Waals surface area contributed by atoms with Crippen LogP contribution >= 0.6 is 0 Å². The lowest BCUT2D eigenvalue weighted by atomic mass is 9.58. The van der Waals surface area contributed by atoms with Crippen molar-refractivity contribution in [3.05, 3.63) is 46.5 Å². The van der Waals surface area contributed by atoms with E-state index in [4.69, 9.17) is 4.65 Å². The first-order valence-corrected chi connectivity index (χ1v) is 13.3. The second-order valence-corrected chi connectivity index (χ2v) is 10.1. The number of carbonyl (C=O) groups is 2. The van der Waals surface area contributed by atoms with Gasteiger partial charge >= 0.3 is 7.12 Å². The lowest BCUT2D eigenvalue weighted by Crippen LogP contribution is -2.46. The highest BCUT2D eigenvalue weighted by Gasteiger charge is 2.56. The van der Waals surface area contributed by atoms with Gasteiger partial charge in [-0.15, -0.1) is 0 Å². The molecule has 7 heteroatoms. The molecule has 2 heterocycles. The number of likely N-dealkylation sites (tertiary alicyclic amines) is 1. The Morgan fingerprint density at radius 1 is 1.14 bits per heavy atom. The van der Waals surface area contributed by atoms with Crippen LogP contribution in [-0.4, -0.2) is 46.6 Å². The minimum atomic E-state index is -0.939. The van der Waals surface area contributed by atoms with Crippen molar-refractivity contribution in [2.75, 3.05) is 6.54 Å². The molecule has 0 bridgehead atoms. The van der Waals surface area contributed by atoms with Gasteiger partial charge in [0.2, 0.25) is 11.8 Å². The molecule has 2 amide bonds. The van der Waals surface area contributed by atoms with Crippen LogP contribution in [0.15, 0.2) is 41.0 Å². The van der Waals surface area contributed by atoms with Gasteiger partial charge in [0.25, 0.3) is 0 Å². The highest BCUT2D eigenvalue weighted by molar-refractivity contribution is 6.43. The molecule has 2 N–H and O–H groups in total. The molecule has 35 heavy (non-hydrogen) atoms. The summed E-state index contributed by atoms with van der Waals surface area (Å²) < 4.78 is 6.10. The van der Waals surface area contributed by atoms with Crippen molar-refractivity contribution in [2.24, 2.45) is 17.8 Å². The number of nitrogens with zero attached hydrogens (tertiary/aromatic N) is 1. The molecule has 1 aromatic carbocycles. The first-order chi connectivity index (χ1) is 16.9. The van der Waals surface area contributed by atoms with E-state index >= 15 is 0 Å². The van der Waals surface area contributed by atoms with E-state index in [0.29, 0.717) is 25.7 Å². The number of imide groups is 1. The van der Waals surface area contributed by atoms with Crippen LogP contribution in [0.1, 0.15) is 71.3 Å². The third kappa shape index (κ3) is 5.12. The van der Waals surface area contributed by atoms with E-state index in [0.717, 1.165) is 43.2 Å². The van der Waals surface area contributed by atoms with Gasteiger partial charge in [0, 0.05) is 12.1 Å². The van der Waals surface area contributed by atoms with Gasteiger partial charge in [-0.1, -0.05) is 62.6 Å². The Balaban J connectivity index is 1.62. The molecule has 0 radical (unpaired) electrons. The minimum Gasteiger partial charge on any atom is -0.507 e. The second-order valence-electron chi connectivity index (χ2n) is 10.1. The summed E-state index contributed by atoms with van der Waals surface area (Å²) in [5.74, 6) is -0.673. The molecule has 4 atom stereocenters. The van der Waals surface area contributed by atoms with Gasteiger partial charge in [0.05, 0.1) is 17.9 Å². The molecule has 0 aromatic heterocycles. The van der Waals surface area contributed by atoms with Crippen LogP contribution in [0.4, 0.5) is 0 Å². The maximum atomic E-state index is 13.3. The van der Waals surface area contributed by atoms with Gasteiger partial charge in [-0.05, 0) is 62.4 Å². The highest BCUT2D eigenvalue weighted by Crippen LogP contribution is 2.51. The molecule has 0 spiro atoms. The zero-order valence-electron chi connectivity index (χ0n) is 21.2. The second kappa shape index (κ2) is 11.1. The Labute approximate surface area is 209 Å². The van der Waals surface area contributed by atoms with Crippen molar-refractivity contribution in [1.82, 2.24) is 4.90 Å². The number of allylic oxidation sites excluding steroid dienone is 2. The lowest BCUT2D eigenvalue weighted by molar-refractivity contribution is -0.140. The fourth-order valence-corrected chi connectivity index (χ4v) is 6.31. The Hall–Kier alpha value is -2.38. The standard InChI is InChI=1S/C28H38BNO5/c1-4-9-20-16-21-26(28(33)30(14-5-2)27(21)32)22-17-29(34)35-24(25(20)22)13-12-18(6-3)15-19-10-7-8-11-23(19)31/h7-8,10-11,15,21-22,24,26,31,34H,4-6,9,12-14,16-17H2,1-3H3/b18-15+/t21-,22+,24-,26-/m1/s1. The fraction of sp³-hybridized carbons (Fsp3) is 0.571. The number of rotatable bonds is 9. The summed E-state index contributed by atoms with van der Waals surface area (Å²) in [6.45, 7) is 6.69. The van der Waals surface area contributed by atoms with Gasteiger partial charge in [0.1, 0.15) is 5.75 Å². The van der Waals surface area contributed by atoms with Crippen molar-refractivity contribution < 1.29 is 24.4 Å². The number of hydrogen-bond acceptors (Lipinski definition) is 5. The highest BCUT2D eigenvalue weighted by atomic mass is 16.5. The number of hydrogen-bond donors (Lipinski definition) is 2. The first kappa shape index (κ1) is 25.7. The van der Waals surface area contributed by atoms with Crippen LogP contribution in [0.5, 0.6) is 5.75 Å². The van der Waals surface area contributed by atoms with Crippen LogP contribution in [0.25, 0.3) is 6.08 Å². The van der Waals surface area contributed by atoms with Crippen molar-refractivity contribution in [2.45, 2.75) is 78.1 Å². The molecule has 188 valence electrons. The van der Waals surface area contributed by atoms with Gasteiger partial charge in [-0.3, -0.25) is 14.5 Å². The van der Waals surface area contributed by atoms with Crippen LogP contribution in [0.3, 0.4) is 0 Å². The SMILES string of the molecule is CCCC1=C2[C@@H](CC/C(=C/c3ccccc3O)CC)OB(O)C[C@@H]2[C@@H]2C(=O)N(CCC)C(=O)[C@@H]2C1. The number of para-hydroxylation sites is 1. The molecular formula is C28H38BNO5. The Morgan fingerprint density at radius 2 is 1.91 bits per heavy atom.